The molecule has 0 radical (unpaired) electrons. The highest BCUT2D eigenvalue weighted by Crippen LogP contribution is 2.20. The summed E-state index contributed by atoms with van der Waals surface area (Å²) in [6, 6.07) is 0.667. The normalized spacial score (nSPS) is 23.2. The molecular weight excluding hydrogens is 248 g/mol. The van der Waals surface area contributed by atoms with E-state index in [1.807, 2.05) is 0 Å². The zero-order valence-electron chi connectivity index (χ0n) is 14.8. The maximum Gasteiger partial charge on any atom is 0.0600 e. The Labute approximate surface area is 126 Å². The number of hydrogen-bond acceptors (Lipinski definition) is 3. The van der Waals surface area contributed by atoms with Crippen LogP contribution in [-0.4, -0.2) is 60.8 Å². The number of ether oxygens (including phenoxy) is 1. The Morgan fingerprint density at radius 1 is 1.00 bits per heavy atom. The van der Waals surface area contributed by atoms with Crippen molar-refractivity contribution in [3.8, 4) is 0 Å². The molecule has 1 heterocycles. The molecule has 1 aliphatic rings. The van der Waals surface area contributed by atoms with Crippen LogP contribution in [0.15, 0.2) is 0 Å². The molecule has 20 heavy (non-hydrogen) atoms. The van der Waals surface area contributed by atoms with E-state index in [-0.39, 0.29) is 5.60 Å². The third-order valence-corrected chi connectivity index (χ3v) is 3.94. The van der Waals surface area contributed by atoms with Crippen molar-refractivity contribution in [2.45, 2.75) is 66.5 Å². The van der Waals surface area contributed by atoms with Gasteiger partial charge < -0.3 is 4.74 Å². The second kappa shape index (κ2) is 7.24. The van der Waals surface area contributed by atoms with E-state index >= 15 is 0 Å². The van der Waals surface area contributed by atoms with E-state index in [1.54, 1.807) is 0 Å². The van der Waals surface area contributed by atoms with Crippen LogP contribution >= 0.6 is 0 Å². The number of piperazine rings is 1. The van der Waals surface area contributed by atoms with Crippen LogP contribution in [0.3, 0.4) is 0 Å². The summed E-state index contributed by atoms with van der Waals surface area (Å²) < 4.78 is 5.83. The Morgan fingerprint density at radius 2 is 1.65 bits per heavy atom. The van der Waals surface area contributed by atoms with Crippen LogP contribution in [0, 0.1) is 5.41 Å². The van der Waals surface area contributed by atoms with Crippen molar-refractivity contribution in [2.75, 3.05) is 39.3 Å². The lowest BCUT2D eigenvalue weighted by molar-refractivity contribution is -0.0224. The van der Waals surface area contributed by atoms with Crippen LogP contribution in [0.4, 0.5) is 0 Å². The van der Waals surface area contributed by atoms with Crippen molar-refractivity contribution in [1.29, 1.82) is 0 Å². The summed E-state index contributed by atoms with van der Waals surface area (Å²) in [5.74, 6) is 0. The number of nitrogens with zero attached hydrogens (tertiary/aromatic N) is 2. The van der Waals surface area contributed by atoms with E-state index in [0.29, 0.717) is 11.5 Å². The van der Waals surface area contributed by atoms with Gasteiger partial charge in [0.1, 0.15) is 0 Å². The molecule has 3 heteroatoms. The molecular formula is C17H36N2O. The topological polar surface area (TPSA) is 15.7 Å². The molecule has 0 bridgehead atoms. The number of hydrogen-bond donors (Lipinski definition) is 0. The van der Waals surface area contributed by atoms with Crippen molar-refractivity contribution in [2.24, 2.45) is 5.41 Å². The Hall–Kier alpha value is -0.120. The minimum atomic E-state index is -0.0137. The predicted molar refractivity (Wildman–Crippen MR) is 87.3 cm³/mol. The monoisotopic (exact) mass is 284 g/mol. The van der Waals surface area contributed by atoms with Crippen molar-refractivity contribution in [1.82, 2.24) is 9.80 Å². The first-order chi connectivity index (χ1) is 9.07. The summed E-state index contributed by atoms with van der Waals surface area (Å²) in [6.07, 6.45) is 1.28. The fourth-order valence-electron chi connectivity index (χ4n) is 2.57. The second-order valence-electron chi connectivity index (χ2n) is 8.46. The summed E-state index contributed by atoms with van der Waals surface area (Å²) in [7, 11) is 0. The average molecular weight is 284 g/mol. The van der Waals surface area contributed by atoms with Gasteiger partial charge in [0.25, 0.3) is 0 Å². The third kappa shape index (κ3) is 7.61. The molecule has 1 rings (SSSR count). The lowest BCUT2D eigenvalue weighted by atomic mass is 9.92. The Kier molecular flexibility index (Phi) is 6.49. The maximum absolute atomic E-state index is 5.83. The van der Waals surface area contributed by atoms with Crippen LogP contribution in [0.1, 0.15) is 54.9 Å². The summed E-state index contributed by atoms with van der Waals surface area (Å²) in [5.41, 5.74) is 0.428. The molecule has 0 aromatic carbocycles. The predicted octanol–water partition coefficient (Wildman–Crippen LogP) is 3.24. The minimum absolute atomic E-state index is 0.0137. The standard InChI is InChI=1S/C17H36N2O/c1-15-14-18(12-13-20-17(5,6)7)10-11-19(15)9-8-16(2,3)4/h15H,8-14H2,1-7H3/t15-/m1/s1. The molecule has 1 atom stereocenters. The fourth-order valence-corrected chi connectivity index (χ4v) is 2.57. The van der Waals surface area contributed by atoms with Gasteiger partial charge in [-0.3, -0.25) is 9.80 Å². The van der Waals surface area contributed by atoms with Gasteiger partial charge in [0.2, 0.25) is 0 Å². The lowest BCUT2D eigenvalue weighted by Gasteiger charge is -2.41. The largest absolute Gasteiger partial charge is 0.375 e. The van der Waals surface area contributed by atoms with Crippen LogP contribution in [-0.2, 0) is 4.74 Å². The van der Waals surface area contributed by atoms with Crippen LogP contribution in [0.2, 0.25) is 0 Å². The summed E-state index contributed by atoms with van der Waals surface area (Å²) in [4.78, 5) is 5.19. The van der Waals surface area contributed by atoms with Crippen molar-refractivity contribution in [3.63, 3.8) is 0 Å². The van der Waals surface area contributed by atoms with Gasteiger partial charge in [-0.1, -0.05) is 20.8 Å². The van der Waals surface area contributed by atoms with E-state index in [4.69, 9.17) is 4.74 Å². The molecule has 0 aromatic rings. The molecule has 0 saturated carbocycles. The molecule has 1 saturated heterocycles. The molecule has 0 N–H and O–H groups in total. The highest BCUT2D eigenvalue weighted by molar-refractivity contribution is 4.80. The lowest BCUT2D eigenvalue weighted by Crippen LogP contribution is -2.53. The molecule has 0 aliphatic carbocycles. The molecule has 120 valence electrons. The molecule has 0 unspecified atom stereocenters. The zero-order valence-corrected chi connectivity index (χ0v) is 14.8. The van der Waals surface area contributed by atoms with Crippen LogP contribution in [0.5, 0.6) is 0 Å². The van der Waals surface area contributed by atoms with Gasteiger partial charge in [0, 0.05) is 32.2 Å². The molecule has 1 aliphatic heterocycles. The van der Waals surface area contributed by atoms with Crippen molar-refractivity contribution >= 4 is 0 Å². The maximum atomic E-state index is 5.83. The van der Waals surface area contributed by atoms with Crippen molar-refractivity contribution in [3.05, 3.63) is 0 Å². The summed E-state index contributed by atoms with van der Waals surface area (Å²) >= 11 is 0. The van der Waals surface area contributed by atoms with Gasteiger partial charge in [0.05, 0.1) is 12.2 Å². The molecule has 1 fully saturated rings. The van der Waals surface area contributed by atoms with E-state index in [2.05, 4.69) is 58.3 Å². The molecule has 0 aromatic heterocycles. The zero-order chi connectivity index (χ0) is 15.4. The van der Waals surface area contributed by atoms with Gasteiger partial charge in [-0.15, -0.1) is 0 Å². The van der Waals surface area contributed by atoms with Crippen molar-refractivity contribution < 1.29 is 4.74 Å². The first-order valence-electron chi connectivity index (χ1n) is 8.17. The highest BCUT2D eigenvalue weighted by atomic mass is 16.5. The van der Waals surface area contributed by atoms with Crippen LogP contribution < -0.4 is 0 Å². The number of rotatable bonds is 5. The fraction of sp³-hybridized carbons (Fsp3) is 1.00. The third-order valence-electron chi connectivity index (χ3n) is 3.94. The Balaban J connectivity index is 2.25. The first-order valence-corrected chi connectivity index (χ1v) is 8.17. The van der Waals surface area contributed by atoms with E-state index in [9.17, 15) is 0 Å². The SMILES string of the molecule is C[C@@H]1CN(CCOC(C)(C)C)CCN1CCC(C)(C)C. The van der Waals surface area contributed by atoms with Crippen LogP contribution in [0.25, 0.3) is 0 Å². The van der Waals surface area contributed by atoms with Gasteiger partial charge >= 0.3 is 0 Å². The molecule has 0 amide bonds. The van der Waals surface area contributed by atoms with Gasteiger partial charge in [0.15, 0.2) is 0 Å². The quantitative estimate of drug-likeness (QED) is 0.771. The summed E-state index contributed by atoms with van der Waals surface area (Å²) in [5, 5.41) is 0. The van der Waals surface area contributed by atoms with E-state index in [1.165, 1.54) is 32.6 Å². The minimum Gasteiger partial charge on any atom is -0.375 e. The van der Waals surface area contributed by atoms with E-state index in [0.717, 1.165) is 13.2 Å². The Morgan fingerprint density at radius 3 is 2.15 bits per heavy atom. The highest BCUT2D eigenvalue weighted by Gasteiger charge is 2.24. The van der Waals surface area contributed by atoms with E-state index < -0.39 is 0 Å². The Bertz CT molecular complexity index is 278. The average Bonchev–Trinajstić information content (AvgIpc) is 2.24. The van der Waals surface area contributed by atoms with Gasteiger partial charge in [-0.05, 0) is 46.1 Å². The van der Waals surface area contributed by atoms with Gasteiger partial charge in [-0.2, -0.15) is 0 Å². The smallest absolute Gasteiger partial charge is 0.0600 e. The summed E-state index contributed by atoms with van der Waals surface area (Å²) in [6.45, 7) is 22.4. The molecule has 3 nitrogen and oxygen atoms in total. The molecule has 0 spiro atoms. The van der Waals surface area contributed by atoms with Gasteiger partial charge in [-0.25, -0.2) is 0 Å². The first kappa shape index (κ1) is 17.9. The second-order valence-corrected chi connectivity index (χ2v) is 8.46.